The molecule has 0 heterocycles. The van der Waals surface area contributed by atoms with Gasteiger partial charge in [0.15, 0.2) is 0 Å². The Morgan fingerprint density at radius 3 is 2.40 bits per heavy atom. The van der Waals surface area contributed by atoms with Crippen LogP contribution in [0.3, 0.4) is 0 Å². The quantitative estimate of drug-likeness (QED) is 0.827. The lowest BCUT2D eigenvalue weighted by atomic mass is 10.2. The lowest BCUT2D eigenvalue weighted by Gasteiger charge is -2.10. The van der Waals surface area contributed by atoms with Gasteiger partial charge in [0.25, 0.3) is 0 Å². The third-order valence-electron chi connectivity index (χ3n) is 3.72. The summed E-state index contributed by atoms with van der Waals surface area (Å²) in [4.78, 5) is 12.1. The average molecular weight is 364 g/mol. The summed E-state index contributed by atoms with van der Waals surface area (Å²) in [6.45, 7) is 5.19. The van der Waals surface area contributed by atoms with Gasteiger partial charge >= 0.3 is 0 Å². The number of benzene rings is 2. The Bertz CT molecular complexity index is 895. The van der Waals surface area contributed by atoms with Crippen LogP contribution in [-0.2, 0) is 14.8 Å². The fourth-order valence-corrected chi connectivity index (χ4v) is 3.63. The zero-order valence-electron chi connectivity index (χ0n) is 14.4. The van der Waals surface area contributed by atoms with Crippen LogP contribution in [0.2, 0.25) is 0 Å². The van der Waals surface area contributed by atoms with Crippen LogP contribution < -0.4 is 10.0 Å². The second-order valence-electron chi connectivity index (χ2n) is 5.93. The van der Waals surface area contributed by atoms with Gasteiger partial charge in [0, 0.05) is 18.7 Å². The van der Waals surface area contributed by atoms with Gasteiger partial charge in [0.05, 0.1) is 4.90 Å². The van der Waals surface area contributed by atoms with Crippen LogP contribution in [0, 0.1) is 26.6 Å². The maximum atomic E-state index is 13.4. The minimum absolute atomic E-state index is 0.0458. The maximum Gasteiger partial charge on any atom is 0.240 e. The van der Waals surface area contributed by atoms with Gasteiger partial charge < -0.3 is 5.32 Å². The van der Waals surface area contributed by atoms with Crippen LogP contribution in [0.1, 0.15) is 23.1 Å². The smallest absolute Gasteiger partial charge is 0.240 e. The minimum Gasteiger partial charge on any atom is -0.326 e. The summed E-state index contributed by atoms with van der Waals surface area (Å²) in [5.41, 5.74) is 2.44. The molecule has 0 aliphatic heterocycles. The average Bonchev–Trinajstić information content (AvgIpc) is 2.50. The van der Waals surface area contributed by atoms with Crippen molar-refractivity contribution in [3.63, 3.8) is 0 Å². The molecule has 0 saturated heterocycles. The molecule has 5 nitrogen and oxygen atoms in total. The molecular weight excluding hydrogens is 343 g/mol. The zero-order chi connectivity index (χ0) is 18.6. The molecule has 0 atom stereocenters. The lowest BCUT2D eigenvalue weighted by Crippen LogP contribution is -2.28. The Morgan fingerprint density at radius 1 is 1.04 bits per heavy atom. The van der Waals surface area contributed by atoms with Gasteiger partial charge in [-0.15, -0.1) is 0 Å². The first-order chi connectivity index (χ1) is 11.7. The predicted molar refractivity (Wildman–Crippen MR) is 95.5 cm³/mol. The van der Waals surface area contributed by atoms with Crippen LogP contribution in [0.4, 0.5) is 10.1 Å². The first kappa shape index (κ1) is 19.1. The molecule has 2 aromatic rings. The highest BCUT2D eigenvalue weighted by atomic mass is 32.2. The van der Waals surface area contributed by atoms with Crippen molar-refractivity contribution < 1.29 is 17.6 Å². The van der Waals surface area contributed by atoms with Crippen molar-refractivity contribution in [1.82, 2.24) is 4.72 Å². The molecule has 1 amide bonds. The Morgan fingerprint density at radius 2 is 1.76 bits per heavy atom. The molecule has 0 spiro atoms. The second kappa shape index (κ2) is 7.76. The molecule has 2 aromatic carbocycles. The Kier molecular flexibility index (Phi) is 5.92. The number of aryl methyl sites for hydroxylation is 3. The molecule has 2 N–H and O–H groups in total. The molecule has 0 bridgehead atoms. The zero-order valence-corrected chi connectivity index (χ0v) is 15.2. The van der Waals surface area contributed by atoms with E-state index in [9.17, 15) is 17.6 Å². The molecule has 0 fully saturated rings. The van der Waals surface area contributed by atoms with Gasteiger partial charge in [-0.1, -0.05) is 23.8 Å². The van der Waals surface area contributed by atoms with Crippen molar-refractivity contribution in [3.05, 3.63) is 58.9 Å². The van der Waals surface area contributed by atoms with Gasteiger partial charge in [-0.3, -0.25) is 4.79 Å². The number of halogens is 1. The van der Waals surface area contributed by atoms with E-state index in [4.69, 9.17) is 0 Å². The summed E-state index contributed by atoms with van der Waals surface area (Å²) in [5.74, 6) is -0.806. The number of rotatable bonds is 6. The van der Waals surface area contributed by atoms with E-state index in [0.717, 1.165) is 5.56 Å². The van der Waals surface area contributed by atoms with Crippen molar-refractivity contribution in [3.8, 4) is 0 Å². The highest BCUT2D eigenvalue weighted by molar-refractivity contribution is 7.89. The van der Waals surface area contributed by atoms with Gasteiger partial charge in [-0.25, -0.2) is 17.5 Å². The fraction of sp³-hybridized carbons (Fsp3) is 0.278. The molecule has 0 unspecified atom stereocenters. The third-order valence-corrected chi connectivity index (χ3v) is 5.34. The van der Waals surface area contributed by atoms with Crippen LogP contribution in [0.5, 0.6) is 0 Å². The van der Waals surface area contributed by atoms with E-state index in [1.54, 1.807) is 44.2 Å². The maximum absolute atomic E-state index is 13.4. The predicted octanol–water partition coefficient (Wildman–Crippen LogP) is 3.06. The summed E-state index contributed by atoms with van der Waals surface area (Å²) in [5, 5.41) is 2.54. The lowest BCUT2D eigenvalue weighted by molar-refractivity contribution is -0.116. The van der Waals surface area contributed by atoms with Gasteiger partial charge in [-0.05, 0) is 50.1 Å². The highest BCUT2D eigenvalue weighted by Crippen LogP contribution is 2.16. The number of hydrogen-bond donors (Lipinski definition) is 2. The number of carbonyl (C=O) groups excluding carboxylic acids is 1. The Balaban J connectivity index is 1.92. The molecule has 0 aliphatic carbocycles. The van der Waals surface area contributed by atoms with E-state index in [2.05, 4.69) is 10.0 Å². The van der Waals surface area contributed by atoms with Crippen molar-refractivity contribution in [2.24, 2.45) is 0 Å². The van der Waals surface area contributed by atoms with Gasteiger partial charge in [-0.2, -0.15) is 0 Å². The Labute approximate surface area is 147 Å². The van der Waals surface area contributed by atoms with E-state index in [1.165, 1.54) is 6.07 Å². The molecule has 134 valence electrons. The van der Waals surface area contributed by atoms with Crippen LogP contribution in [0.15, 0.2) is 41.3 Å². The summed E-state index contributed by atoms with van der Waals surface area (Å²) in [7, 11) is -3.68. The SMILES string of the molecule is Cc1ccc(S(=O)(=O)NCCC(=O)Nc2ccc(C)c(F)c2)c(C)c1. The third kappa shape index (κ3) is 5.11. The molecular formula is C18H21FN2O3S. The molecule has 0 aromatic heterocycles. The summed E-state index contributed by atoms with van der Waals surface area (Å²) >= 11 is 0. The number of nitrogens with one attached hydrogen (secondary N) is 2. The molecule has 0 aliphatic rings. The summed E-state index contributed by atoms with van der Waals surface area (Å²) in [6.07, 6.45) is -0.0559. The van der Waals surface area contributed by atoms with Crippen LogP contribution in [0.25, 0.3) is 0 Å². The first-order valence-electron chi connectivity index (χ1n) is 7.82. The van der Waals surface area contributed by atoms with Crippen molar-refractivity contribution in [1.29, 1.82) is 0 Å². The first-order valence-corrected chi connectivity index (χ1v) is 9.30. The molecule has 25 heavy (non-hydrogen) atoms. The number of carbonyl (C=O) groups is 1. The minimum atomic E-state index is -3.68. The van der Waals surface area contributed by atoms with E-state index in [-0.39, 0.29) is 17.9 Å². The van der Waals surface area contributed by atoms with E-state index >= 15 is 0 Å². The van der Waals surface area contributed by atoms with Crippen molar-refractivity contribution >= 4 is 21.6 Å². The van der Waals surface area contributed by atoms with Gasteiger partial charge in [0.2, 0.25) is 15.9 Å². The fourth-order valence-electron chi connectivity index (χ4n) is 2.37. The van der Waals surface area contributed by atoms with Crippen molar-refractivity contribution in [2.45, 2.75) is 32.1 Å². The summed E-state index contributed by atoms with van der Waals surface area (Å²) in [6, 6.07) is 9.44. The molecule has 0 saturated carbocycles. The van der Waals surface area contributed by atoms with E-state index < -0.39 is 21.7 Å². The summed E-state index contributed by atoms with van der Waals surface area (Å²) < 4.78 is 40.4. The standard InChI is InChI=1S/C18H21FN2O3S/c1-12-4-7-17(14(3)10-12)25(23,24)20-9-8-18(22)21-15-6-5-13(2)16(19)11-15/h4-7,10-11,20H,8-9H2,1-3H3,(H,21,22). The van der Waals surface area contributed by atoms with E-state index in [1.807, 2.05) is 6.92 Å². The number of anilines is 1. The molecule has 2 rings (SSSR count). The van der Waals surface area contributed by atoms with E-state index in [0.29, 0.717) is 16.8 Å². The van der Waals surface area contributed by atoms with Crippen molar-refractivity contribution in [2.75, 3.05) is 11.9 Å². The topological polar surface area (TPSA) is 75.3 Å². The number of hydrogen-bond acceptors (Lipinski definition) is 3. The Hall–Kier alpha value is -2.25. The number of sulfonamides is 1. The van der Waals surface area contributed by atoms with Crippen LogP contribution in [-0.4, -0.2) is 20.9 Å². The normalized spacial score (nSPS) is 11.4. The molecule has 7 heteroatoms. The number of amides is 1. The van der Waals surface area contributed by atoms with Gasteiger partial charge in [0.1, 0.15) is 5.82 Å². The largest absolute Gasteiger partial charge is 0.326 e. The second-order valence-corrected chi connectivity index (χ2v) is 7.66. The highest BCUT2D eigenvalue weighted by Gasteiger charge is 2.16. The molecule has 0 radical (unpaired) electrons. The van der Waals surface area contributed by atoms with Crippen LogP contribution >= 0.6 is 0 Å². The monoisotopic (exact) mass is 364 g/mol.